The minimum atomic E-state index is -0.977. The molecule has 0 unspecified atom stereocenters. The third-order valence-corrected chi connectivity index (χ3v) is 6.34. The fourth-order valence-corrected chi connectivity index (χ4v) is 4.10. The molecular formula is C36H65N3O12. The molecule has 0 spiro atoms. The first kappa shape index (κ1) is 47.2. The van der Waals surface area contributed by atoms with E-state index in [0.29, 0.717) is 77.4 Å². The van der Waals surface area contributed by atoms with Gasteiger partial charge in [-0.25, -0.2) is 14.4 Å². The summed E-state index contributed by atoms with van der Waals surface area (Å²) in [6.07, 6.45) is 3.41. The van der Waals surface area contributed by atoms with E-state index in [2.05, 4.69) is 16.0 Å². The molecule has 0 aromatic carbocycles. The highest BCUT2D eigenvalue weighted by atomic mass is 16.6. The van der Waals surface area contributed by atoms with Crippen molar-refractivity contribution in [2.75, 3.05) is 32.8 Å². The van der Waals surface area contributed by atoms with Gasteiger partial charge in [0.1, 0.15) is 30.0 Å². The Bertz CT molecular complexity index is 1010. The molecule has 0 aromatic rings. The van der Waals surface area contributed by atoms with Crippen LogP contribution in [0, 0.1) is 0 Å². The summed E-state index contributed by atoms with van der Waals surface area (Å²) in [4.78, 5) is 72.5. The molecule has 3 amide bonds. The molecular weight excluding hydrogens is 666 g/mol. The van der Waals surface area contributed by atoms with Crippen LogP contribution in [0.1, 0.15) is 139 Å². The van der Waals surface area contributed by atoms with Gasteiger partial charge in [-0.3, -0.25) is 14.4 Å². The predicted octanol–water partition coefficient (Wildman–Crippen LogP) is 6.24. The van der Waals surface area contributed by atoms with Gasteiger partial charge in [0.15, 0.2) is 6.10 Å². The Morgan fingerprint density at radius 3 is 1.02 bits per heavy atom. The van der Waals surface area contributed by atoms with Gasteiger partial charge in [-0.2, -0.15) is 0 Å². The van der Waals surface area contributed by atoms with E-state index in [9.17, 15) is 28.8 Å². The van der Waals surface area contributed by atoms with E-state index in [1.807, 2.05) is 0 Å². The molecule has 15 heteroatoms. The van der Waals surface area contributed by atoms with Crippen LogP contribution < -0.4 is 16.0 Å². The highest BCUT2D eigenvalue weighted by Gasteiger charge is 2.21. The van der Waals surface area contributed by atoms with E-state index in [-0.39, 0.29) is 32.5 Å². The van der Waals surface area contributed by atoms with Crippen LogP contribution in [0.2, 0.25) is 0 Å². The zero-order valence-corrected chi connectivity index (χ0v) is 32.5. The predicted molar refractivity (Wildman–Crippen MR) is 190 cm³/mol. The Labute approximate surface area is 304 Å². The number of carbonyl (C=O) groups is 6. The quantitative estimate of drug-likeness (QED) is 0.0609. The van der Waals surface area contributed by atoms with Crippen molar-refractivity contribution < 1.29 is 57.2 Å². The highest BCUT2D eigenvalue weighted by molar-refractivity contribution is 5.71. The average molecular weight is 732 g/mol. The van der Waals surface area contributed by atoms with Gasteiger partial charge >= 0.3 is 36.2 Å². The second kappa shape index (κ2) is 25.2. The molecule has 296 valence electrons. The number of carbonyl (C=O) groups excluding carboxylic acids is 6. The lowest BCUT2D eigenvalue weighted by Gasteiger charge is -2.19. The Morgan fingerprint density at radius 2 is 0.725 bits per heavy atom. The van der Waals surface area contributed by atoms with Crippen LogP contribution in [0.15, 0.2) is 0 Å². The number of amides is 3. The molecule has 0 heterocycles. The first-order valence-corrected chi connectivity index (χ1v) is 18.1. The van der Waals surface area contributed by atoms with Gasteiger partial charge in [0.2, 0.25) is 0 Å². The van der Waals surface area contributed by atoms with Gasteiger partial charge in [0, 0.05) is 38.9 Å². The summed E-state index contributed by atoms with van der Waals surface area (Å²) in [7, 11) is 0. The topological polar surface area (TPSA) is 194 Å². The number of hydrogen-bond donors (Lipinski definition) is 3. The fourth-order valence-electron chi connectivity index (χ4n) is 4.10. The van der Waals surface area contributed by atoms with Gasteiger partial charge in [-0.05, 0) is 101 Å². The maximum absolute atomic E-state index is 12.6. The Balaban J connectivity index is 4.62. The lowest BCUT2D eigenvalue weighted by atomic mass is 10.2. The molecule has 51 heavy (non-hydrogen) atoms. The molecule has 0 atom stereocenters. The molecule has 0 aliphatic rings. The normalized spacial score (nSPS) is 11.6. The van der Waals surface area contributed by atoms with Crippen molar-refractivity contribution in [3.63, 3.8) is 0 Å². The maximum Gasteiger partial charge on any atom is 0.407 e. The number of hydrogen-bond acceptors (Lipinski definition) is 12. The van der Waals surface area contributed by atoms with Crippen LogP contribution >= 0.6 is 0 Å². The maximum atomic E-state index is 12.6. The Hall–Kier alpha value is -3.78. The minimum Gasteiger partial charge on any atom is -0.462 e. The van der Waals surface area contributed by atoms with Gasteiger partial charge in [0.05, 0.1) is 0 Å². The average Bonchev–Trinajstić information content (AvgIpc) is 2.97. The van der Waals surface area contributed by atoms with Gasteiger partial charge < -0.3 is 44.4 Å². The number of rotatable bonds is 23. The van der Waals surface area contributed by atoms with Crippen molar-refractivity contribution in [2.24, 2.45) is 0 Å². The number of nitrogens with one attached hydrogen (secondary N) is 3. The largest absolute Gasteiger partial charge is 0.462 e. The van der Waals surface area contributed by atoms with Crippen molar-refractivity contribution in [3.05, 3.63) is 0 Å². The summed E-state index contributed by atoms with van der Waals surface area (Å²) >= 11 is 0. The van der Waals surface area contributed by atoms with E-state index < -0.39 is 59.1 Å². The molecule has 0 saturated carbocycles. The Kier molecular flexibility index (Phi) is 23.3. The number of unbranched alkanes of at least 4 members (excludes halogenated alkanes) is 6. The molecule has 0 rings (SSSR count). The highest BCUT2D eigenvalue weighted by Crippen LogP contribution is 2.11. The van der Waals surface area contributed by atoms with Crippen LogP contribution in [0.25, 0.3) is 0 Å². The summed E-state index contributed by atoms with van der Waals surface area (Å²) in [5.41, 5.74) is -1.74. The van der Waals surface area contributed by atoms with Crippen molar-refractivity contribution in [1.29, 1.82) is 0 Å². The van der Waals surface area contributed by atoms with Crippen molar-refractivity contribution >= 4 is 36.2 Å². The summed E-state index contributed by atoms with van der Waals surface area (Å²) in [6.45, 7) is 16.7. The number of ether oxygens (including phenoxy) is 6. The molecule has 3 N–H and O–H groups in total. The summed E-state index contributed by atoms with van der Waals surface area (Å²) in [5.74, 6) is -1.50. The molecule has 0 fully saturated rings. The molecule has 0 aliphatic carbocycles. The SMILES string of the molecule is CC(C)(C)OC(=O)NCCCCCC(=O)OCC(COC(=O)CCCCCNC(=O)OC(C)(C)C)OC(=O)CCCCCNC(=O)OC(C)(C)C. The van der Waals surface area contributed by atoms with Gasteiger partial charge in [0.25, 0.3) is 0 Å². The van der Waals surface area contributed by atoms with Crippen molar-refractivity contribution in [2.45, 2.75) is 162 Å². The lowest BCUT2D eigenvalue weighted by Crippen LogP contribution is -2.33. The van der Waals surface area contributed by atoms with E-state index in [4.69, 9.17) is 28.4 Å². The second-order valence-electron chi connectivity index (χ2n) is 15.2. The molecule has 0 aliphatic heterocycles. The first-order chi connectivity index (χ1) is 23.6. The zero-order valence-electron chi connectivity index (χ0n) is 32.5. The second-order valence-corrected chi connectivity index (χ2v) is 15.2. The monoisotopic (exact) mass is 731 g/mol. The van der Waals surface area contributed by atoms with E-state index in [1.54, 1.807) is 62.3 Å². The van der Waals surface area contributed by atoms with Crippen LogP contribution in [-0.4, -0.2) is 91.9 Å². The summed E-state index contributed by atoms with van der Waals surface area (Å²) in [6, 6.07) is 0. The molecule has 0 bridgehead atoms. The van der Waals surface area contributed by atoms with Crippen LogP contribution in [0.3, 0.4) is 0 Å². The number of alkyl carbamates (subject to hydrolysis) is 3. The number of esters is 3. The molecule has 0 aromatic heterocycles. The van der Waals surface area contributed by atoms with Gasteiger partial charge in [-0.1, -0.05) is 19.3 Å². The minimum absolute atomic E-state index is 0.0967. The van der Waals surface area contributed by atoms with Crippen LogP contribution in [-0.2, 0) is 42.8 Å². The molecule has 15 nitrogen and oxygen atoms in total. The van der Waals surface area contributed by atoms with Crippen molar-refractivity contribution in [1.82, 2.24) is 16.0 Å². The van der Waals surface area contributed by atoms with E-state index >= 15 is 0 Å². The van der Waals surface area contributed by atoms with Gasteiger partial charge in [-0.15, -0.1) is 0 Å². The summed E-state index contributed by atoms with van der Waals surface area (Å²) < 4.78 is 31.7. The van der Waals surface area contributed by atoms with Crippen LogP contribution in [0.5, 0.6) is 0 Å². The van der Waals surface area contributed by atoms with Crippen LogP contribution in [0.4, 0.5) is 14.4 Å². The fraction of sp³-hybridized carbons (Fsp3) is 0.833. The van der Waals surface area contributed by atoms with Crippen molar-refractivity contribution in [3.8, 4) is 0 Å². The van der Waals surface area contributed by atoms with E-state index in [1.165, 1.54) is 0 Å². The Morgan fingerprint density at radius 1 is 0.431 bits per heavy atom. The summed E-state index contributed by atoms with van der Waals surface area (Å²) in [5, 5.41) is 8.01. The smallest absolute Gasteiger partial charge is 0.407 e. The first-order valence-electron chi connectivity index (χ1n) is 18.1. The standard InChI is InChI=1S/C36H65N3O12/c1-34(2,3)49-31(43)37-22-16-10-13-19-28(40)46-25-27(48-30(42)21-15-12-18-24-39-33(45)51-36(7,8)9)26-47-29(41)20-14-11-17-23-38-32(44)50-35(4,5)6/h27H,10-26H2,1-9H3,(H,37,43)(H,38,44)(H,39,45). The molecule has 0 radical (unpaired) electrons. The third-order valence-electron chi connectivity index (χ3n) is 6.34. The lowest BCUT2D eigenvalue weighted by molar-refractivity contribution is -0.167. The molecule has 0 saturated heterocycles. The zero-order chi connectivity index (χ0) is 38.9. The third kappa shape index (κ3) is 33.1. The van der Waals surface area contributed by atoms with E-state index in [0.717, 1.165) is 0 Å².